The summed E-state index contributed by atoms with van der Waals surface area (Å²) >= 11 is 16.6. The van der Waals surface area contributed by atoms with E-state index in [2.05, 4.69) is 10.7 Å². The van der Waals surface area contributed by atoms with Crippen molar-refractivity contribution < 1.29 is 23.9 Å². The normalized spacial score (nSPS) is 19.5. The number of alkyl halides is 3. The smallest absolute Gasteiger partial charge is 0.408 e. The van der Waals surface area contributed by atoms with Crippen molar-refractivity contribution in [2.75, 3.05) is 13.2 Å². The molecule has 0 aliphatic carbocycles. The molecule has 1 heterocycles. The highest BCUT2D eigenvalue weighted by Crippen LogP contribution is 2.26. The fourth-order valence-corrected chi connectivity index (χ4v) is 2.31. The molecule has 0 spiro atoms. The molecule has 1 saturated heterocycles. The molecule has 0 saturated carbocycles. The Kier molecular flexibility index (Phi) is 8.26. The summed E-state index contributed by atoms with van der Waals surface area (Å²) in [5.74, 6) is -1.03. The van der Waals surface area contributed by atoms with Crippen molar-refractivity contribution in [1.29, 1.82) is 0 Å². The van der Waals surface area contributed by atoms with Crippen LogP contribution < -0.4 is 10.7 Å². The van der Waals surface area contributed by atoms with Gasteiger partial charge >= 0.3 is 12.1 Å². The quantitative estimate of drug-likeness (QED) is 0.523. The second kappa shape index (κ2) is 9.30. The summed E-state index contributed by atoms with van der Waals surface area (Å²) in [5, 5.41) is 3.73. The molecule has 1 rings (SSSR count). The minimum atomic E-state index is -1.70. The molecular weight excluding hydrogens is 409 g/mol. The summed E-state index contributed by atoms with van der Waals surface area (Å²) in [4.78, 5) is 36.3. The Morgan fingerprint density at radius 1 is 1.27 bits per heavy atom. The van der Waals surface area contributed by atoms with E-state index < -0.39 is 39.4 Å². The number of ether oxygens (including phenoxy) is 2. The number of alkyl carbamates (subject to hydrolysis) is 1. The zero-order valence-electron chi connectivity index (χ0n) is 15.1. The molecule has 1 aliphatic heterocycles. The first-order valence-corrected chi connectivity index (χ1v) is 9.22. The van der Waals surface area contributed by atoms with E-state index in [0.717, 1.165) is 0 Å². The first kappa shape index (κ1) is 23.1. The third-order valence-electron chi connectivity index (χ3n) is 3.22. The number of rotatable bonds is 4. The summed E-state index contributed by atoms with van der Waals surface area (Å²) in [6.45, 7) is 6.68. The molecule has 1 unspecified atom stereocenters. The van der Waals surface area contributed by atoms with Crippen molar-refractivity contribution in [3.63, 3.8) is 0 Å². The first-order valence-electron chi connectivity index (χ1n) is 8.09. The summed E-state index contributed by atoms with van der Waals surface area (Å²) in [6, 6.07) is -1.58. The number of nitrogens with one attached hydrogen (secondary N) is 2. The molecule has 150 valence electrons. The molecule has 2 N–H and O–H groups in total. The van der Waals surface area contributed by atoms with Crippen LogP contribution in [-0.4, -0.2) is 57.6 Å². The lowest BCUT2D eigenvalue weighted by Gasteiger charge is -2.34. The van der Waals surface area contributed by atoms with Crippen molar-refractivity contribution in [3.05, 3.63) is 0 Å². The second-order valence-corrected chi connectivity index (χ2v) is 9.42. The Morgan fingerprint density at radius 3 is 2.42 bits per heavy atom. The van der Waals surface area contributed by atoms with E-state index in [1.807, 2.05) is 0 Å². The van der Waals surface area contributed by atoms with Gasteiger partial charge in [0.25, 0.3) is 5.91 Å². The van der Waals surface area contributed by atoms with E-state index in [-0.39, 0.29) is 6.61 Å². The van der Waals surface area contributed by atoms with Crippen LogP contribution in [0.4, 0.5) is 4.79 Å². The van der Waals surface area contributed by atoms with E-state index in [1.165, 1.54) is 11.9 Å². The molecule has 26 heavy (non-hydrogen) atoms. The number of nitrogens with zero attached hydrogens (tertiary/aromatic N) is 1. The Labute approximate surface area is 167 Å². The number of hydrogen-bond donors (Lipinski definition) is 2. The Hall–Kier alpha value is -0.960. The Balaban J connectivity index is 2.56. The van der Waals surface area contributed by atoms with Crippen LogP contribution in [0.5, 0.6) is 0 Å². The van der Waals surface area contributed by atoms with Crippen molar-refractivity contribution >= 4 is 52.8 Å². The van der Waals surface area contributed by atoms with Gasteiger partial charge in [-0.15, -0.1) is 0 Å². The number of hydrogen-bond acceptors (Lipinski definition) is 6. The monoisotopic (exact) mass is 431 g/mol. The predicted molar refractivity (Wildman–Crippen MR) is 98.0 cm³/mol. The predicted octanol–water partition coefficient (Wildman–Crippen LogP) is 2.31. The molecule has 2 atom stereocenters. The van der Waals surface area contributed by atoms with Gasteiger partial charge in [-0.2, -0.15) is 0 Å². The van der Waals surface area contributed by atoms with Crippen LogP contribution >= 0.6 is 34.8 Å². The second-order valence-electron chi connectivity index (χ2n) is 6.90. The molecular formula is C15H24Cl3N3O5. The van der Waals surface area contributed by atoms with E-state index in [4.69, 9.17) is 44.3 Å². The van der Waals surface area contributed by atoms with Gasteiger partial charge in [-0.3, -0.25) is 14.6 Å². The molecule has 0 aromatic rings. The maximum absolute atomic E-state index is 12.5. The molecule has 1 fully saturated rings. The largest absolute Gasteiger partial charge is 0.460 e. The third kappa shape index (κ3) is 8.62. The fraction of sp³-hybridized carbons (Fsp3) is 0.800. The number of esters is 1. The molecule has 8 nitrogen and oxygen atoms in total. The van der Waals surface area contributed by atoms with E-state index in [9.17, 15) is 14.4 Å². The van der Waals surface area contributed by atoms with Gasteiger partial charge in [0.05, 0.1) is 0 Å². The highest BCUT2D eigenvalue weighted by atomic mass is 35.6. The van der Waals surface area contributed by atoms with Crippen LogP contribution in [0.15, 0.2) is 0 Å². The Bertz CT molecular complexity index is 534. The standard InChI is InChI=1S/C15H24Cl3N3O5/c1-9(19-13(24)26-14(2,3)4)11(22)21-7-5-6-10(20-21)12(23)25-8-15(16,17)18/h9-10,20H,5-8H2,1-4H3,(H,19,24)/t9-,10?/m0/s1. The average molecular weight is 433 g/mol. The van der Waals surface area contributed by atoms with Crippen molar-refractivity contribution in [1.82, 2.24) is 15.8 Å². The third-order valence-corrected chi connectivity index (χ3v) is 3.55. The van der Waals surface area contributed by atoms with Crippen LogP contribution in [0, 0.1) is 0 Å². The zero-order valence-corrected chi connectivity index (χ0v) is 17.4. The molecule has 2 amide bonds. The van der Waals surface area contributed by atoms with Gasteiger partial charge in [0.2, 0.25) is 3.79 Å². The Morgan fingerprint density at radius 2 is 1.88 bits per heavy atom. The molecule has 0 aromatic carbocycles. The van der Waals surface area contributed by atoms with Gasteiger partial charge in [0.15, 0.2) is 0 Å². The van der Waals surface area contributed by atoms with Gasteiger partial charge in [0, 0.05) is 6.54 Å². The van der Waals surface area contributed by atoms with Crippen LogP contribution in [0.2, 0.25) is 0 Å². The highest BCUT2D eigenvalue weighted by Gasteiger charge is 2.33. The van der Waals surface area contributed by atoms with Gasteiger partial charge in [-0.05, 0) is 40.5 Å². The minimum Gasteiger partial charge on any atom is -0.460 e. The van der Waals surface area contributed by atoms with Crippen LogP contribution in [-0.2, 0) is 19.1 Å². The molecule has 1 aliphatic rings. The summed E-state index contributed by atoms with van der Waals surface area (Å²) < 4.78 is 8.34. The number of hydrazine groups is 1. The number of halogens is 3. The number of carbonyl (C=O) groups is 3. The molecule has 0 aromatic heterocycles. The maximum Gasteiger partial charge on any atom is 0.408 e. The van der Waals surface area contributed by atoms with Crippen molar-refractivity contribution in [3.8, 4) is 0 Å². The summed E-state index contributed by atoms with van der Waals surface area (Å²) in [7, 11) is 0. The number of carbonyl (C=O) groups excluding carboxylic acids is 3. The van der Waals surface area contributed by atoms with E-state index >= 15 is 0 Å². The number of amides is 2. The van der Waals surface area contributed by atoms with Gasteiger partial charge in [0.1, 0.15) is 24.3 Å². The lowest BCUT2D eigenvalue weighted by Crippen LogP contribution is -2.59. The van der Waals surface area contributed by atoms with E-state index in [0.29, 0.717) is 19.4 Å². The summed E-state index contributed by atoms with van der Waals surface area (Å²) in [6.07, 6.45) is 0.343. The topological polar surface area (TPSA) is 97.0 Å². The van der Waals surface area contributed by atoms with Gasteiger partial charge in [-0.1, -0.05) is 34.8 Å². The van der Waals surface area contributed by atoms with Crippen LogP contribution in [0.1, 0.15) is 40.5 Å². The zero-order chi connectivity index (χ0) is 20.1. The van der Waals surface area contributed by atoms with Gasteiger partial charge < -0.3 is 14.8 Å². The SMILES string of the molecule is C[C@H](NC(=O)OC(C)(C)C)C(=O)N1CCCC(C(=O)OCC(Cl)(Cl)Cl)N1. The molecule has 11 heteroatoms. The molecule has 0 radical (unpaired) electrons. The maximum atomic E-state index is 12.5. The summed E-state index contributed by atoms with van der Waals surface area (Å²) in [5.41, 5.74) is 2.11. The van der Waals surface area contributed by atoms with Crippen molar-refractivity contribution in [2.45, 2.75) is 62.0 Å². The first-order chi connectivity index (χ1) is 11.8. The lowest BCUT2D eigenvalue weighted by atomic mass is 10.1. The fourth-order valence-electron chi connectivity index (χ4n) is 2.15. The highest BCUT2D eigenvalue weighted by molar-refractivity contribution is 6.67. The van der Waals surface area contributed by atoms with Crippen LogP contribution in [0.3, 0.4) is 0 Å². The van der Waals surface area contributed by atoms with Gasteiger partial charge in [-0.25, -0.2) is 10.2 Å². The van der Waals surface area contributed by atoms with E-state index in [1.54, 1.807) is 20.8 Å². The lowest BCUT2D eigenvalue weighted by molar-refractivity contribution is -0.152. The average Bonchev–Trinajstić information content (AvgIpc) is 2.49. The van der Waals surface area contributed by atoms with Crippen molar-refractivity contribution in [2.24, 2.45) is 0 Å². The minimum absolute atomic E-state index is 0.382. The van der Waals surface area contributed by atoms with Crippen LogP contribution in [0.25, 0.3) is 0 Å². The molecule has 0 bridgehead atoms.